The third-order valence-electron chi connectivity index (χ3n) is 3.27. The van der Waals surface area contributed by atoms with Gasteiger partial charge in [-0.15, -0.1) is 11.3 Å². The standard InChI is InChI=1S/C14H25BrN2O2S2/c1-5-16(6-2)9-10-17(11-12(3)4)21(18,19)14-8-7-13(15)20-14/h7-8,12H,5-6,9-11H2,1-4H3. The van der Waals surface area contributed by atoms with E-state index >= 15 is 0 Å². The normalized spacial score (nSPS) is 12.8. The number of hydrogen-bond acceptors (Lipinski definition) is 4. The SMILES string of the molecule is CCN(CC)CCN(CC(C)C)S(=O)(=O)c1ccc(Br)s1. The van der Waals surface area contributed by atoms with Crippen LogP contribution in [-0.4, -0.2) is 50.3 Å². The van der Waals surface area contributed by atoms with Gasteiger partial charge >= 0.3 is 0 Å². The minimum atomic E-state index is -3.39. The van der Waals surface area contributed by atoms with E-state index in [1.54, 1.807) is 16.4 Å². The van der Waals surface area contributed by atoms with Crippen molar-refractivity contribution in [3.63, 3.8) is 0 Å². The molecule has 122 valence electrons. The molecule has 0 atom stereocenters. The number of thiophene rings is 1. The molecule has 0 spiro atoms. The van der Waals surface area contributed by atoms with Gasteiger partial charge < -0.3 is 4.90 Å². The Morgan fingerprint density at radius 1 is 1.19 bits per heavy atom. The van der Waals surface area contributed by atoms with Gasteiger partial charge in [0.1, 0.15) is 4.21 Å². The zero-order valence-electron chi connectivity index (χ0n) is 13.2. The van der Waals surface area contributed by atoms with Gasteiger partial charge in [0.2, 0.25) is 0 Å². The highest BCUT2D eigenvalue weighted by atomic mass is 79.9. The number of rotatable bonds is 9. The van der Waals surface area contributed by atoms with Crippen molar-refractivity contribution in [2.75, 3.05) is 32.7 Å². The van der Waals surface area contributed by atoms with E-state index in [-0.39, 0.29) is 0 Å². The van der Waals surface area contributed by atoms with Crippen molar-refractivity contribution in [1.29, 1.82) is 0 Å². The molecule has 0 amide bonds. The first kappa shape index (κ1) is 19.1. The summed E-state index contributed by atoms with van der Waals surface area (Å²) in [5.74, 6) is 0.305. The minimum Gasteiger partial charge on any atom is -0.303 e. The Morgan fingerprint density at radius 2 is 1.81 bits per heavy atom. The summed E-state index contributed by atoms with van der Waals surface area (Å²) in [5.41, 5.74) is 0. The van der Waals surface area contributed by atoms with Crippen LogP contribution in [0.1, 0.15) is 27.7 Å². The second-order valence-electron chi connectivity index (χ2n) is 5.34. The average molecular weight is 397 g/mol. The first-order chi connectivity index (χ1) is 9.81. The lowest BCUT2D eigenvalue weighted by Gasteiger charge is -2.26. The fourth-order valence-electron chi connectivity index (χ4n) is 2.07. The van der Waals surface area contributed by atoms with Crippen LogP contribution in [0.5, 0.6) is 0 Å². The van der Waals surface area contributed by atoms with Crippen LogP contribution < -0.4 is 0 Å². The van der Waals surface area contributed by atoms with Gasteiger partial charge in [-0.25, -0.2) is 8.42 Å². The van der Waals surface area contributed by atoms with E-state index in [1.807, 2.05) is 13.8 Å². The lowest BCUT2D eigenvalue weighted by Crippen LogP contribution is -2.40. The maximum atomic E-state index is 12.8. The summed E-state index contributed by atoms with van der Waals surface area (Å²) in [5, 5.41) is 0. The van der Waals surface area contributed by atoms with Crippen LogP contribution in [0.4, 0.5) is 0 Å². The molecule has 0 fully saturated rings. The zero-order valence-corrected chi connectivity index (χ0v) is 16.4. The Morgan fingerprint density at radius 3 is 2.24 bits per heavy atom. The molecule has 7 heteroatoms. The zero-order chi connectivity index (χ0) is 16.0. The van der Waals surface area contributed by atoms with E-state index in [0.29, 0.717) is 23.2 Å². The molecule has 1 aromatic heterocycles. The second kappa shape index (κ2) is 8.62. The fourth-order valence-corrected chi connectivity index (χ4v) is 5.83. The molecule has 0 aliphatic carbocycles. The van der Waals surface area contributed by atoms with Gasteiger partial charge in [-0.2, -0.15) is 4.31 Å². The largest absolute Gasteiger partial charge is 0.303 e. The molecule has 0 radical (unpaired) electrons. The summed E-state index contributed by atoms with van der Waals surface area (Å²) in [4.78, 5) is 2.24. The number of nitrogens with zero attached hydrogens (tertiary/aromatic N) is 2. The molecular formula is C14H25BrN2O2S2. The predicted molar refractivity (Wildman–Crippen MR) is 93.4 cm³/mol. The summed E-state index contributed by atoms with van der Waals surface area (Å²) >= 11 is 4.61. The van der Waals surface area contributed by atoms with Gasteiger partial charge in [0.25, 0.3) is 10.0 Å². The molecule has 0 N–H and O–H groups in total. The molecule has 0 unspecified atom stereocenters. The first-order valence-electron chi connectivity index (χ1n) is 7.29. The predicted octanol–water partition coefficient (Wildman–Crippen LogP) is 3.50. The van der Waals surface area contributed by atoms with Crippen LogP contribution in [0, 0.1) is 5.92 Å². The maximum absolute atomic E-state index is 12.8. The third-order valence-corrected chi connectivity index (χ3v) is 7.23. The maximum Gasteiger partial charge on any atom is 0.252 e. The number of sulfonamides is 1. The summed E-state index contributed by atoms with van der Waals surface area (Å²) in [7, 11) is -3.39. The van der Waals surface area contributed by atoms with Crippen molar-refractivity contribution in [2.45, 2.75) is 31.9 Å². The van der Waals surface area contributed by atoms with Crippen LogP contribution in [0.3, 0.4) is 0 Å². The molecule has 0 aromatic carbocycles. The van der Waals surface area contributed by atoms with Crippen molar-refractivity contribution in [3.8, 4) is 0 Å². The lowest BCUT2D eigenvalue weighted by molar-refractivity contribution is 0.262. The summed E-state index contributed by atoms with van der Waals surface area (Å²) in [6.45, 7) is 12.0. The topological polar surface area (TPSA) is 40.6 Å². The van der Waals surface area contributed by atoms with Gasteiger partial charge in [0.05, 0.1) is 3.79 Å². The number of hydrogen-bond donors (Lipinski definition) is 0. The van der Waals surface area contributed by atoms with Crippen LogP contribution in [0.2, 0.25) is 0 Å². The molecule has 21 heavy (non-hydrogen) atoms. The molecule has 1 aromatic rings. The van der Waals surface area contributed by atoms with Crippen molar-refractivity contribution < 1.29 is 8.42 Å². The highest BCUT2D eigenvalue weighted by molar-refractivity contribution is 9.11. The van der Waals surface area contributed by atoms with Crippen LogP contribution in [0.15, 0.2) is 20.1 Å². The minimum absolute atomic E-state index is 0.305. The van der Waals surface area contributed by atoms with Crippen LogP contribution >= 0.6 is 27.3 Å². The number of likely N-dealkylation sites (N-methyl/N-ethyl adjacent to an activating group) is 1. The van der Waals surface area contributed by atoms with E-state index in [1.165, 1.54) is 11.3 Å². The summed E-state index contributed by atoms with van der Waals surface area (Å²) in [6.07, 6.45) is 0. The van der Waals surface area contributed by atoms with E-state index in [2.05, 4.69) is 34.7 Å². The summed E-state index contributed by atoms with van der Waals surface area (Å²) in [6, 6.07) is 3.46. The molecule has 0 bridgehead atoms. The lowest BCUT2D eigenvalue weighted by atomic mass is 10.2. The van der Waals surface area contributed by atoms with E-state index in [0.717, 1.165) is 23.4 Å². The molecule has 0 aliphatic heterocycles. The Hall–Kier alpha value is 0.0500. The highest BCUT2D eigenvalue weighted by Crippen LogP contribution is 2.28. The second-order valence-corrected chi connectivity index (χ2v) is 9.97. The molecule has 0 aliphatic rings. The Labute approximate surface area is 141 Å². The molecule has 1 rings (SSSR count). The molecule has 0 saturated heterocycles. The Balaban J connectivity index is 2.90. The quantitative estimate of drug-likeness (QED) is 0.641. The smallest absolute Gasteiger partial charge is 0.252 e. The van der Waals surface area contributed by atoms with Crippen molar-refractivity contribution in [1.82, 2.24) is 9.21 Å². The summed E-state index contributed by atoms with van der Waals surface area (Å²) < 4.78 is 28.4. The van der Waals surface area contributed by atoms with Crippen molar-refractivity contribution in [2.24, 2.45) is 5.92 Å². The van der Waals surface area contributed by atoms with Crippen LogP contribution in [0.25, 0.3) is 0 Å². The Bertz CT molecular complexity index is 525. The van der Waals surface area contributed by atoms with Gasteiger partial charge in [-0.05, 0) is 47.1 Å². The fraction of sp³-hybridized carbons (Fsp3) is 0.714. The Kier molecular flexibility index (Phi) is 7.84. The highest BCUT2D eigenvalue weighted by Gasteiger charge is 2.26. The first-order valence-corrected chi connectivity index (χ1v) is 10.3. The van der Waals surface area contributed by atoms with Crippen molar-refractivity contribution in [3.05, 3.63) is 15.9 Å². The van der Waals surface area contributed by atoms with Gasteiger partial charge in [-0.1, -0.05) is 27.7 Å². The molecule has 1 heterocycles. The molecule has 4 nitrogen and oxygen atoms in total. The monoisotopic (exact) mass is 396 g/mol. The van der Waals surface area contributed by atoms with Gasteiger partial charge in [0, 0.05) is 19.6 Å². The van der Waals surface area contributed by atoms with E-state index in [9.17, 15) is 8.42 Å². The molecule has 0 saturated carbocycles. The number of halogens is 1. The molecular weight excluding hydrogens is 372 g/mol. The van der Waals surface area contributed by atoms with Gasteiger partial charge in [0.15, 0.2) is 0 Å². The van der Waals surface area contributed by atoms with E-state index in [4.69, 9.17) is 0 Å². The van der Waals surface area contributed by atoms with Gasteiger partial charge in [-0.3, -0.25) is 0 Å². The van der Waals surface area contributed by atoms with Crippen molar-refractivity contribution >= 4 is 37.3 Å². The third kappa shape index (κ3) is 5.63. The van der Waals surface area contributed by atoms with Crippen LogP contribution in [-0.2, 0) is 10.0 Å². The van der Waals surface area contributed by atoms with E-state index < -0.39 is 10.0 Å². The average Bonchev–Trinajstić information content (AvgIpc) is 2.85.